The van der Waals surface area contributed by atoms with Crippen molar-refractivity contribution >= 4 is 40.8 Å². The number of amides is 3. The van der Waals surface area contributed by atoms with Gasteiger partial charge in [0.05, 0.1) is 23.2 Å². The number of nitrogens with one attached hydrogen (secondary N) is 3. The third kappa shape index (κ3) is 4.02. The highest BCUT2D eigenvalue weighted by atomic mass is 35.5. The van der Waals surface area contributed by atoms with Gasteiger partial charge in [0.25, 0.3) is 0 Å². The van der Waals surface area contributed by atoms with Crippen LogP contribution in [-0.2, 0) is 4.79 Å². The summed E-state index contributed by atoms with van der Waals surface area (Å²) in [7, 11) is 1.56. The van der Waals surface area contributed by atoms with Crippen LogP contribution < -0.4 is 20.7 Å². The SMILES string of the molecule is C=C1NC(=O)N[C@H](c2cccc(Cl)c2Cl)[C@@H]1C(=O)Nc1ccc(OC)cc1. The lowest BCUT2D eigenvalue weighted by molar-refractivity contribution is -0.119. The second-order valence-electron chi connectivity index (χ2n) is 5.94. The number of hydrogen-bond donors (Lipinski definition) is 3. The maximum absolute atomic E-state index is 12.9. The van der Waals surface area contributed by atoms with E-state index in [0.29, 0.717) is 22.0 Å². The van der Waals surface area contributed by atoms with Crippen molar-refractivity contribution in [3.8, 4) is 5.75 Å². The van der Waals surface area contributed by atoms with Crippen molar-refractivity contribution in [1.29, 1.82) is 0 Å². The molecule has 3 rings (SSSR count). The Morgan fingerprint density at radius 2 is 1.89 bits per heavy atom. The molecule has 2 aromatic rings. The van der Waals surface area contributed by atoms with Crippen LogP contribution in [0.4, 0.5) is 10.5 Å². The van der Waals surface area contributed by atoms with Crippen molar-refractivity contribution in [3.63, 3.8) is 0 Å². The molecule has 1 aliphatic heterocycles. The number of hydrogen-bond acceptors (Lipinski definition) is 3. The summed E-state index contributed by atoms with van der Waals surface area (Å²) in [4.78, 5) is 24.9. The van der Waals surface area contributed by atoms with E-state index in [2.05, 4.69) is 22.5 Å². The smallest absolute Gasteiger partial charge is 0.319 e. The average molecular weight is 406 g/mol. The van der Waals surface area contributed by atoms with Crippen LogP contribution in [0.3, 0.4) is 0 Å². The van der Waals surface area contributed by atoms with Gasteiger partial charge in [-0.15, -0.1) is 0 Å². The second-order valence-corrected chi connectivity index (χ2v) is 6.73. The first-order valence-corrected chi connectivity index (χ1v) is 8.81. The molecule has 0 spiro atoms. The van der Waals surface area contributed by atoms with E-state index < -0.39 is 18.0 Å². The van der Waals surface area contributed by atoms with Gasteiger partial charge in [0.1, 0.15) is 11.7 Å². The molecule has 0 aliphatic carbocycles. The molecular weight excluding hydrogens is 389 g/mol. The van der Waals surface area contributed by atoms with Gasteiger partial charge in [0, 0.05) is 11.4 Å². The van der Waals surface area contributed by atoms with Gasteiger partial charge in [-0.3, -0.25) is 4.79 Å². The van der Waals surface area contributed by atoms with E-state index in [-0.39, 0.29) is 16.6 Å². The highest BCUT2D eigenvalue weighted by Gasteiger charge is 2.39. The first-order valence-electron chi connectivity index (χ1n) is 8.06. The number of anilines is 1. The summed E-state index contributed by atoms with van der Waals surface area (Å²) in [6, 6.07) is 10.8. The minimum atomic E-state index is -0.791. The molecular formula is C19H17Cl2N3O3. The standard InChI is InChI=1S/C19H17Cl2N3O3/c1-10-15(18(25)23-11-6-8-12(27-2)9-7-11)17(24-19(26)22-10)13-4-3-5-14(20)16(13)21/h3-9,15,17H,1H2,2H3,(H,23,25)(H2,22,24,26)/t15-,17-/m1/s1. The maximum Gasteiger partial charge on any atom is 0.319 e. The van der Waals surface area contributed by atoms with Crippen molar-refractivity contribution in [3.05, 3.63) is 70.3 Å². The zero-order chi connectivity index (χ0) is 19.6. The van der Waals surface area contributed by atoms with Crippen LogP contribution in [0.1, 0.15) is 11.6 Å². The zero-order valence-electron chi connectivity index (χ0n) is 14.4. The van der Waals surface area contributed by atoms with Crippen molar-refractivity contribution in [1.82, 2.24) is 10.6 Å². The minimum Gasteiger partial charge on any atom is -0.497 e. The Morgan fingerprint density at radius 3 is 2.56 bits per heavy atom. The van der Waals surface area contributed by atoms with E-state index in [0.717, 1.165) is 0 Å². The summed E-state index contributed by atoms with van der Waals surface area (Å²) in [6.45, 7) is 3.84. The van der Waals surface area contributed by atoms with E-state index in [1.807, 2.05) is 0 Å². The summed E-state index contributed by atoms with van der Waals surface area (Å²) in [5.41, 5.74) is 1.39. The Kier molecular flexibility index (Phi) is 5.58. The van der Waals surface area contributed by atoms with Gasteiger partial charge in [-0.25, -0.2) is 4.79 Å². The van der Waals surface area contributed by atoms with E-state index >= 15 is 0 Å². The second kappa shape index (κ2) is 7.90. The predicted molar refractivity (Wildman–Crippen MR) is 105 cm³/mol. The van der Waals surface area contributed by atoms with Crippen LogP contribution in [0.25, 0.3) is 0 Å². The lowest BCUT2D eigenvalue weighted by Crippen LogP contribution is -2.51. The molecule has 1 heterocycles. The number of ether oxygens (including phenoxy) is 1. The zero-order valence-corrected chi connectivity index (χ0v) is 15.9. The number of benzene rings is 2. The number of carbonyl (C=O) groups is 2. The third-order valence-electron chi connectivity index (χ3n) is 4.23. The molecule has 0 bridgehead atoms. The van der Waals surface area contributed by atoms with Crippen molar-refractivity contribution in [2.24, 2.45) is 5.92 Å². The first-order chi connectivity index (χ1) is 12.9. The van der Waals surface area contributed by atoms with Gasteiger partial charge in [-0.2, -0.15) is 0 Å². The Labute approximate surface area is 166 Å². The Balaban J connectivity index is 1.91. The van der Waals surface area contributed by atoms with Crippen LogP contribution in [0.15, 0.2) is 54.7 Å². The van der Waals surface area contributed by atoms with Gasteiger partial charge in [-0.1, -0.05) is 41.9 Å². The fourth-order valence-electron chi connectivity index (χ4n) is 2.91. The van der Waals surface area contributed by atoms with Crippen LogP contribution in [0.5, 0.6) is 5.75 Å². The van der Waals surface area contributed by atoms with Gasteiger partial charge < -0.3 is 20.7 Å². The van der Waals surface area contributed by atoms with E-state index in [9.17, 15) is 9.59 Å². The lowest BCUT2D eigenvalue weighted by atomic mass is 9.88. The highest BCUT2D eigenvalue weighted by molar-refractivity contribution is 6.42. The van der Waals surface area contributed by atoms with Gasteiger partial charge >= 0.3 is 6.03 Å². The van der Waals surface area contributed by atoms with Crippen LogP contribution in [0, 0.1) is 5.92 Å². The third-order valence-corrected chi connectivity index (χ3v) is 5.06. The van der Waals surface area contributed by atoms with Crippen molar-refractivity contribution in [2.75, 3.05) is 12.4 Å². The molecule has 3 N–H and O–H groups in total. The summed E-state index contributed by atoms with van der Waals surface area (Å²) in [6.07, 6.45) is 0. The van der Waals surface area contributed by atoms with Crippen molar-refractivity contribution in [2.45, 2.75) is 6.04 Å². The van der Waals surface area contributed by atoms with Crippen LogP contribution >= 0.6 is 23.2 Å². The number of methoxy groups -OCH3 is 1. The largest absolute Gasteiger partial charge is 0.497 e. The topological polar surface area (TPSA) is 79.5 Å². The molecule has 27 heavy (non-hydrogen) atoms. The molecule has 0 unspecified atom stereocenters. The number of urea groups is 1. The number of rotatable bonds is 4. The molecule has 0 aromatic heterocycles. The van der Waals surface area contributed by atoms with Crippen molar-refractivity contribution < 1.29 is 14.3 Å². The van der Waals surface area contributed by atoms with Crippen LogP contribution in [-0.4, -0.2) is 19.0 Å². The number of halogens is 2. The molecule has 1 aliphatic rings. The molecule has 140 valence electrons. The molecule has 2 aromatic carbocycles. The normalized spacial score (nSPS) is 19.1. The molecule has 2 atom stereocenters. The molecule has 1 saturated heterocycles. The number of carbonyl (C=O) groups excluding carboxylic acids is 2. The summed E-state index contributed by atoms with van der Waals surface area (Å²) >= 11 is 12.4. The summed E-state index contributed by atoms with van der Waals surface area (Å²) in [5.74, 6) is -0.466. The van der Waals surface area contributed by atoms with Crippen LogP contribution in [0.2, 0.25) is 10.0 Å². The molecule has 8 heteroatoms. The Bertz CT molecular complexity index is 900. The monoisotopic (exact) mass is 405 g/mol. The average Bonchev–Trinajstić information content (AvgIpc) is 2.64. The summed E-state index contributed by atoms with van der Waals surface area (Å²) < 4.78 is 5.11. The molecule has 6 nitrogen and oxygen atoms in total. The van der Waals surface area contributed by atoms with Gasteiger partial charge in [-0.05, 0) is 35.9 Å². The van der Waals surface area contributed by atoms with Gasteiger partial charge in [0.15, 0.2) is 0 Å². The quantitative estimate of drug-likeness (QED) is 0.715. The molecule has 0 saturated carbocycles. The van der Waals surface area contributed by atoms with E-state index in [1.165, 1.54) is 0 Å². The lowest BCUT2D eigenvalue weighted by Gasteiger charge is -2.34. The fourth-order valence-corrected chi connectivity index (χ4v) is 3.33. The Hall–Kier alpha value is -2.70. The maximum atomic E-state index is 12.9. The summed E-state index contributed by atoms with van der Waals surface area (Å²) in [5, 5.41) is 8.71. The van der Waals surface area contributed by atoms with Gasteiger partial charge in [0.2, 0.25) is 5.91 Å². The Morgan fingerprint density at radius 1 is 1.19 bits per heavy atom. The van der Waals surface area contributed by atoms with E-state index in [4.69, 9.17) is 27.9 Å². The molecule has 0 radical (unpaired) electrons. The first kappa shape index (κ1) is 19.1. The molecule has 1 fully saturated rings. The fraction of sp³-hybridized carbons (Fsp3) is 0.158. The van der Waals surface area contributed by atoms with E-state index in [1.54, 1.807) is 49.6 Å². The predicted octanol–water partition coefficient (Wildman–Crippen LogP) is 4.12. The minimum absolute atomic E-state index is 0.269. The molecule has 3 amide bonds. The highest BCUT2D eigenvalue weighted by Crippen LogP contribution is 2.37.